The van der Waals surface area contributed by atoms with Crippen molar-refractivity contribution in [2.75, 3.05) is 23.8 Å². The fourth-order valence-electron chi connectivity index (χ4n) is 2.26. The molecular formula is C19H23N3O3. The molecular weight excluding hydrogens is 318 g/mol. The second kappa shape index (κ2) is 8.30. The number of hydrogen-bond donors (Lipinski definition) is 3. The zero-order valence-electron chi connectivity index (χ0n) is 14.7. The number of amides is 2. The molecule has 2 amide bonds. The molecule has 0 bridgehead atoms. The van der Waals surface area contributed by atoms with Crippen LogP contribution in [0.25, 0.3) is 0 Å². The van der Waals surface area contributed by atoms with E-state index in [2.05, 4.69) is 10.6 Å². The van der Waals surface area contributed by atoms with Crippen LogP contribution >= 0.6 is 0 Å². The van der Waals surface area contributed by atoms with Gasteiger partial charge in [0.1, 0.15) is 5.75 Å². The van der Waals surface area contributed by atoms with Gasteiger partial charge in [-0.15, -0.1) is 0 Å². The van der Waals surface area contributed by atoms with E-state index in [0.29, 0.717) is 17.1 Å². The van der Waals surface area contributed by atoms with Gasteiger partial charge in [0, 0.05) is 0 Å². The molecule has 0 saturated heterocycles. The zero-order valence-corrected chi connectivity index (χ0v) is 14.7. The van der Waals surface area contributed by atoms with E-state index in [1.165, 1.54) is 0 Å². The first-order valence-corrected chi connectivity index (χ1v) is 7.99. The van der Waals surface area contributed by atoms with Crippen molar-refractivity contribution in [1.82, 2.24) is 0 Å². The molecule has 0 unspecified atom stereocenters. The minimum atomic E-state index is -0.326. The summed E-state index contributed by atoms with van der Waals surface area (Å²) in [7, 11) is 0. The molecule has 0 aromatic heterocycles. The number of rotatable bonds is 6. The Morgan fingerprint density at radius 2 is 1.56 bits per heavy atom. The van der Waals surface area contributed by atoms with Crippen LogP contribution in [0.5, 0.6) is 5.75 Å². The van der Waals surface area contributed by atoms with Crippen molar-refractivity contribution in [1.29, 1.82) is 0 Å². The lowest BCUT2D eigenvalue weighted by Crippen LogP contribution is -2.24. The van der Waals surface area contributed by atoms with E-state index in [9.17, 15) is 9.59 Å². The largest absolute Gasteiger partial charge is 0.483 e. The average Bonchev–Trinajstić information content (AvgIpc) is 2.58. The maximum absolute atomic E-state index is 12.2. The molecule has 25 heavy (non-hydrogen) atoms. The molecule has 0 aliphatic rings. The van der Waals surface area contributed by atoms with E-state index in [4.69, 9.17) is 10.5 Å². The summed E-state index contributed by atoms with van der Waals surface area (Å²) in [5.41, 5.74) is 9.32. The predicted molar refractivity (Wildman–Crippen MR) is 98.9 cm³/mol. The molecule has 6 nitrogen and oxygen atoms in total. The van der Waals surface area contributed by atoms with Crippen molar-refractivity contribution in [3.8, 4) is 5.75 Å². The quantitative estimate of drug-likeness (QED) is 0.752. The summed E-state index contributed by atoms with van der Waals surface area (Å²) in [6.07, 6.45) is 0. The SMILES string of the molecule is Cc1ccc(NC(=O)COc2cc(C)ccc2C)c(NC(=O)CN)c1. The number of carbonyl (C=O) groups excluding carboxylic acids is 2. The van der Waals surface area contributed by atoms with Crippen LogP contribution in [0.15, 0.2) is 36.4 Å². The van der Waals surface area contributed by atoms with E-state index in [1.807, 2.05) is 45.0 Å². The van der Waals surface area contributed by atoms with Crippen molar-refractivity contribution in [3.63, 3.8) is 0 Å². The van der Waals surface area contributed by atoms with Crippen LogP contribution in [-0.2, 0) is 9.59 Å². The molecule has 2 rings (SSSR count). The Kier molecular flexibility index (Phi) is 6.14. The zero-order chi connectivity index (χ0) is 18.4. The number of hydrogen-bond acceptors (Lipinski definition) is 4. The summed E-state index contributed by atoms with van der Waals surface area (Å²) in [6, 6.07) is 11.2. The highest BCUT2D eigenvalue weighted by molar-refractivity contribution is 6.00. The summed E-state index contributed by atoms with van der Waals surface area (Å²) in [4.78, 5) is 23.7. The van der Waals surface area contributed by atoms with Crippen molar-refractivity contribution < 1.29 is 14.3 Å². The van der Waals surface area contributed by atoms with Crippen LogP contribution in [0.1, 0.15) is 16.7 Å². The fourth-order valence-corrected chi connectivity index (χ4v) is 2.26. The molecule has 2 aromatic carbocycles. The number of benzene rings is 2. The van der Waals surface area contributed by atoms with Gasteiger partial charge in [-0.05, 0) is 55.7 Å². The topological polar surface area (TPSA) is 93.5 Å². The maximum atomic E-state index is 12.2. The fraction of sp³-hybridized carbons (Fsp3) is 0.263. The number of ether oxygens (including phenoxy) is 1. The summed E-state index contributed by atoms with van der Waals surface area (Å²) in [5, 5.41) is 5.43. The van der Waals surface area contributed by atoms with Gasteiger partial charge in [0.25, 0.3) is 5.91 Å². The smallest absolute Gasteiger partial charge is 0.262 e. The molecule has 0 radical (unpaired) electrons. The van der Waals surface area contributed by atoms with Crippen molar-refractivity contribution in [2.24, 2.45) is 5.73 Å². The average molecular weight is 341 g/mol. The van der Waals surface area contributed by atoms with Crippen LogP contribution in [0.2, 0.25) is 0 Å². The molecule has 0 saturated carbocycles. The summed E-state index contributed by atoms with van der Waals surface area (Å²) < 4.78 is 5.60. The van der Waals surface area contributed by atoms with E-state index in [1.54, 1.807) is 12.1 Å². The molecule has 0 aliphatic heterocycles. The third-order valence-electron chi connectivity index (χ3n) is 3.61. The minimum absolute atomic E-state index is 0.123. The molecule has 0 fully saturated rings. The van der Waals surface area contributed by atoms with Crippen LogP contribution in [-0.4, -0.2) is 25.0 Å². The molecule has 2 aromatic rings. The number of carbonyl (C=O) groups is 2. The molecule has 6 heteroatoms. The summed E-state index contributed by atoms with van der Waals surface area (Å²) >= 11 is 0. The predicted octanol–water partition coefficient (Wildman–Crippen LogP) is 2.53. The van der Waals surface area contributed by atoms with Crippen molar-refractivity contribution >= 4 is 23.2 Å². The van der Waals surface area contributed by atoms with Crippen LogP contribution in [0, 0.1) is 20.8 Å². The normalized spacial score (nSPS) is 10.2. The maximum Gasteiger partial charge on any atom is 0.262 e. The molecule has 132 valence electrons. The first kappa shape index (κ1) is 18.5. The number of nitrogens with two attached hydrogens (primary N) is 1. The number of anilines is 2. The first-order chi connectivity index (χ1) is 11.9. The molecule has 0 atom stereocenters. The lowest BCUT2D eigenvalue weighted by molar-refractivity contribution is -0.118. The summed E-state index contributed by atoms with van der Waals surface area (Å²) in [6.45, 7) is 5.53. The van der Waals surface area contributed by atoms with Gasteiger partial charge in [0.2, 0.25) is 5.91 Å². The Balaban J connectivity index is 2.05. The van der Waals surface area contributed by atoms with Gasteiger partial charge in [-0.2, -0.15) is 0 Å². The van der Waals surface area contributed by atoms with Gasteiger partial charge < -0.3 is 21.1 Å². The van der Waals surface area contributed by atoms with Crippen molar-refractivity contribution in [3.05, 3.63) is 53.1 Å². The van der Waals surface area contributed by atoms with Gasteiger partial charge in [-0.1, -0.05) is 18.2 Å². The number of nitrogens with one attached hydrogen (secondary N) is 2. The molecule has 4 N–H and O–H groups in total. The first-order valence-electron chi connectivity index (χ1n) is 7.99. The Labute approximate surface area is 147 Å². The van der Waals surface area contributed by atoms with Gasteiger partial charge in [0.15, 0.2) is 6.61 Å². The van der Waals surface area contributed by atoms with Gasteiger partial charge in [0.05, 0.1) is 17.9 Å². The molecule has 0 heterocycles. The van der Waals surface area contributed by atoms with Crippen LogP contribution < -0.4 is 21.1 Å². The van der Waals surface area contributed by atoms with Gasteiger partial charge >= 0.3 is 0 Å². The van der Waals surface area contributed by atoms with Crippen molar-refractivity contribution in [2.45, 2.75) is 20.8 Å². The Bertz CT molecular complexity index is 787. The Morgan fingerprint density at radius 1 is 0.920 bits per heavy atom. The molecule has 0 aliphatic carbocycles. The van der Waals surface area contributed by atoms with E-state index in [-0.39, 0.29) is 25.0 Å². The van der Waals surface area contributed by atoms with E-state index < -0.39 is 0 Å². The van der Waals surface area contributed by atoms with Gasteiger partial charge in [-0.25, -0.2) is 0 Å². The third kappa shape index (κ3) is 5.32. The monoisotopic (exact) mass is 341 g/mol. The highest BCUT2D eigenvalue weighted by Crippen LogP contribution is 2.23. The standard InChI is InChI=1S/C19H23N3O3/c1-12-5-7-15(16(8-12)22-18(23)10-20)21-19(24)11-25-17-9-13(2)4-6-14(17)3/h4-9H,10-11,20H2,1-3H3,(H,21,24)(H,22,23). The highest BCUT2D eigenvalue weighted by atomic mass is 16.5. The highest BCUT2D eigenvalue weighted by Gasteiger charge is 2.11. The Morgan fingerprint density at radius 3 is 2.28 bits per heavy atom. The second-order valence-corrected chi connectivity index (χ2v) is 5.91. The number of aryl methyl sites for hydroxylation is 3. The van der Waals surface area contributed by atoms with Crippen LogP contribution in [0.4, 0.5) is 11.4 Å². The Hall–Kier alpha value is -2.86. The lowest BCUT2D eigenvalue weighted by Gasteiger charge is -2.14. The third-order valence-corrected chi connectivity index (χ3v) is 3.61. The van der Waals surface area contributed by atoms with E-state index >= 15 is 0 Å². The minimum Gasteiger partial charge on any atom is -0.483 e. The molecule has 0 spiro atoms. The lowest BCUT2D eigenvalue weighted by atomic mass is 10.1. The van der Waals surface area contributed by atoms with E-state index in [0.717, 1.165) is 16.7 Å². The second-order valence-electron chi connectivity index (χ2n) is 5.91. The van der Waals surface area contributed by atoms with Gasteiger partial charge in [-0.3, -0.25) is 9.59 Å². The van der Waals surface area contributed by atoms with Crippen LogP contribution in [0.3, 0.4) is 0 Å². The summed E-state index contributed by atoms with van der Waals surface area (Å²) in [5.74, 6) is 0.0384.